The molecule has 0 radical (unpaired) electrons. The molecule has 1 amide bonds. The van der Waals surface area contributed by atoms with Crippen LogP contribution in [0.3, 0.4) is 0 Å². The summed E-state index contributed by atoms with van der Waals surface area (Å²) < 4.78 is 10.6. The number of ether oxygens (including phenoxy) is 2. The van der Waals surface area contributed by atoms with Crippen LogP contribution in [0, 0.1) is 0 Å². The summed E-state index contributed by atoms with van der Waals surface area (Å²) >= 11 is 0. The highest BCUT2D eigenvalue weighted by Crippen LogP contribution is 2.37. The van der Waals surface area contributed by atoms with Gasteiger partial charge in [-0.2, -0.15) is 0 Å². The maximum Gasteiger partial charge on any atom is 0.337 e. The zero-order valence-electron chi connectivity index (χ0n) is 18.7. The highest BCUT2D eigenvalue weighted by Gasteiger charge is 2.66. The quantitative estimate of drug-likeness (QED) is 0.313. The number of nitrogens with zero attached hydrogens (tertiary/aromatic N) is 2. The number of amides is 1. The number of hydrogen-bond donors (Lipinski definition) is 0. The van der Waals surface area contributed by atoms with Gasteiger partial charge in [0.2, 0.25) is 5.54 Å². The van der Waals surface area contributed by atoms with Crippen molar-refractivity contribution in [2.45, 2.75) is 45.3 Å². The predicted octanol–water partition coefficient (Wildman–Crippen LogP) is 3.64. The number of benzene rings is 2. The maximum absolute atomic E-state index is 13.8. The van der Waals surface area contributed by atoms with Crippen LogP contribution in [0.1, 0.15) is 37.8 Å². The molecule has 1 saturated heterocycles. The molecule has 0 N–H and O–H groups in total. The van der Waals surface area contributed by atoms with Gasteiger partial charge in [-0.25, -0.2) is 4.79 Å². The van der Waals surface area contributed by atoms with Crippen LogP contribution in [0.4, 0.5) is 0 Å². The van der Waals surface area contributed by atoms with E-state index in [0.29, 0.717) is 26.2 Å². The highest BCUT2D eigenvalue weighted by atomic mass is 16.5. The van der Waals surface area contributed by atoms with Crippen molar-refractivity contribution in [1.29, 1.82) is 0 Å². The summed E-state index contributed by atoms with van der Waals surface area (Å²) in [6.07, 6.45) is 1.94. The van der Waals surface area contributed by atoms with Gasteiger partial charge in [-0.05, 0) is 43.1 Å². The zero-order valence-corrected chi connectivity index (χ0v) is 18.7. The Morgan fingerprint density at radius 1 is 1.00 bits per heavy atom. The van der Waals surface area contributed by atoms with Crippen LogP contribution in [0.15, 0.2) is 54.6 Å². The van der Waals surface area contributed by atoms with Gasteiger partial charge in [0.1, 0.15) is 5.75 Å². The van der Waals surface area contributed by atoms with Gasteiger partial charge in [0.25, 0.3) is 5.91 Å². The van der Waals surface area contributed by atoms with Crippen molar-refractivity contribution in [3.63, 3.8) is 0 Å². The van der Waals surface area contributed by atoms with Gasteiger partial charge in [-0.1, -0.05) is 55.8 Å². The van der Waals surface area contributed by atoms with Crippen LogP contribution < -0.4 is 4.74 Å². The second-order valence-corrected chi connectivity index (χ2v) is 7.85. The molecule has 2 atom stereocenters. The van der Waals surface area contributed by atoms with Crippen molar-refractivity contribution < 1.29 is 19.1 Å². The molecule has 3 rings (SSSR count). The topological polar surface area (TPSA) is 58.8 Å². The minimum absolute atomic E-state index is 0.193. The van der Waals surface area contributed by atoms with Crippen molar-refractivity contribution in [3.8, 4) is 5.75 Å². The van der Waals surface area contributed by atoms with Gasteiger partial charge in [-0.3, -0.25) is 9.69 Å². The summed E-state index contributed by atoms with van der Waals surface area (Å²) in [5, 5.41) is 0. The fourth-order valence-electron chi connectivity index (χ4n) is 3.81. The number of esters is 1. The van der Waals surface area contributed by atoms with Gasteiger partial charge in [-0.15, -0.1) is 0 Å². The standard InChI is InChI=1S/C25H32N2O4/c1-4-6-16-27-19-25(27,24(29)31-5-2)23(28)26(17-20-10-8-7-9-11-20)18-21-12-14-22(30-3)15-13-21/h7-15H,4-6,16-19H2,1-3H3. The van der Waals surface area contributed by atoms with E-state index in [1.807, 2.05) is 59.5 Å². The first-order chi connectivity index (χ1) is 15.0. The predicted molar refractivity (Wildman–Crippen MR) is 120 cm³/mol. The molecule has 2 unspecified atom stereocenters. The number of rotatable bonds is 11. The van der Waals surface area contributed by atoms with Gasteiger partial charge < -0.3 is 14.4 Å². The summed E-state index contributed by atoms with van der Waals surface area (Å²) in [6.45, 7) is 6.08. The first-order valence-electron chi connectivity index (χ1n) is 10.9. The average Bonchev–Trinajstić information content (AvgIpc) is 3.53. The number of carbonyl (C=O) groups is 2. The van der Waals surface area contributed by atoms with E-state index >= 15 is 0 Å². The third-order valence-electron chi connectivity index (χ3n) is 5.64. The fraction of sp³-hybridized carbons (Fsp3) is 0.440. The number of carbonyl (C=O) groups excluding carboxylic acids is 2. The minimum Gasteiger partial charge on any atom is -0.497 e. The molecule has 2 aromatic carbocycles. The van der Waals surface area contributed by atoms with Gasteiger partial charge in [0.05, 0.1) is 13.7 Å². The average molecular weight is 425 g/mol. The number of methoxy groups -OCH3 is 1. The second-order valence-electron chi connectivity index (χ2n) is 7.85. The van der Waals surface area contributed by atoms with E-state index in [1.54, 1.807) is 18.9 Å². The lowest BCUT2D eigenvalue weighted by Gasteiger charge is -2.27. The first-order valence-corrected chi connectivity index (χ1v) is 10.9. The molecule has 0 bridgehead atoms. The van der Waals surface area contributed by atoms with E-state index < -0.39 is 11.5 Å². The molecule has 0 spiro atoms. The second kappa shape index (κ2) is 10.4. The van der Waals surface area contributed by atoms with Gasteiger partial charge in [0, 0.05) is 19.6 Å². The molecule has 0 aromatic heterocycles. The summed E-state index contributed by atoms with van der Waals surface area (Å²) in [5.41, 5.74) is 0.792. The van der Waals surface area contributed by atoms with E-state index in [-0.39, 0.29) is 12.5 Å². The molecular formula is C25H32N2O4. The van der Waals surface area contributed by atoms with Crippen molar-refractivity contribution in [2.75, 3.05) is 26.8 Å². The van der Waals surface area contributed by atoms with Crippen LogP contribution in [0.2, 0.25) is 0 Å². The highest BCUT2D eigenvalue weighted by molar-refractivity contribution is 6.11. The van der Waals surface area contributed by atoms with Crippen molar-refractivity contribution in [3.05, 3.63) is 65.7 Å². The molecule has 1 aliphatic rings. The molecule has 2 aromatic rings. The summed E-state index contributed by atoms with van der Waals surface area (Å²) in [5.74, 6) is 0.131. The molecule has 6 nitrogen and oxygen atoms in total. The number of unbranched alkanes of at least 4 members (excludes halogenated alkanes) is 1. The lowest BCUT2D eigenvalue weighted by molar-refractivity contribution is -0.155. The Bertz CT molecular complexity index is 869. The molecule has 0 aliphatic carbocycles. The Morgan fingerprint density at radius 3 is 2.23 bits per heavy atom. The number of hydrogen-bond acceptors (Lipinski definition) is 5. The van der Waals surface area contributed by atoms with Crippen molar-refractivity contribution in [2.24, 2.45) is 0 Å². The molecular weight excluding hydrogens is 392 g/mol. The minimum atomic E-state index is -1.20. The Balaban J connectivity index is 1.87. The lowest BCUT2D eigenvalue weighted by Crippen LogP contribution is -2.49. The summed E-state index contributed by atoms with van der Waals surface area (Å²) in [6, 6.07) is 17.5. The van der Waals surface area contributed by atoms with Crippen LogP contribution in [0.25, 0.3) is 0 Å². The van der Waals surface area contributed by atoms with Crippen molar-refractivity contribution >= 4 is 11.9 Å². The van der Waals surface area contributed by atoms with Crippen LogP contribution in [-0.4, -0.2) is 54.0 Å². The third kappa shape index (κ3) is 5.25. The van der Waals surface area contributed by atoms with Crippen LogP contribution in [-0.2, 0) is 27.4 Å². The normalized spacial score (nSPS) is 19.5. The lowest BCUT2D eigenvalue weighted by atomic mass is 10.1. The van der Waals surface area contributed by atoms with Crippen LogP contribution in [0.5, 0.6) is 5.75 Å². The fourth-order valence-corrected chi connectivity index (χ4v) is 3.81. The molecule has 6 heteroatoms. The van der Waals surface area contributed by atoms with Gasteiger partial charge >= 0.3 is 5.97 Å². The molecule has 1 fully saturated rings. The summed E-state index contributed by atoms with van der Waals surface area (Å²) in [7, 11) is 1.63. The molecule has 1 heterocycles. The van der Waals surface area contributed by atoms with E-state index in [1.165, 1.54) is 0 Å². The summed E-state index contributed by atoms with van der Waals surface area (Å²) in [4.78, 5) is 30.4. The smallest absolute Gasteiger partial charge is 0.337 e. The Morgan fingerprint density at radius 2 is 1.65 bits per heavy atom. The van der Waals surface area contributed by atoms with Gasteiger partial charge in [0.15, 0.2) is 0 Å². The first kappa shape index (κ1) is 22.8. The van der Waals surface area contributed by atoms with E-state index in [9.17, 15) is 9.59 Å². The molecule has 166 valence electrons. The third-order valence-corrected chi connectivity index (χ3v) is 5.64. The van der Waals surface area contributed by atoms with Crippen molar-refractivity contribution in [1.82, 2.24) is 9.80 Å². The zero-order chi connectivity index (χ0) is 22.3. The Hall–Kier alpha value is -2.86. The molecule has 31 heavy (non-hydrogen) atoms. The molecule has 0 saturated carbocycles. The van der Waals surface area contributed by atoms with E-state index in [2.05, 4.69) is 6.92 Å². The SMILES string of the molecule is CCCCN1CC1(C(=O)OCC)C(=O)N(Cc1ccccc1)Cc1ccc(OC)cc1. The van der Waals surface area contributed by atoms with Crippen LogP contribution >= 0.6 is 0 Å². The van der Waals surface area contributed by atoms with E-state index in [4.69, 9.17) is 9.47 Å². The molecule has 1 aliphatic heterocycles. The van der Waals surface area contributed by atoms with E-state index in [0.717, 1.165) is 29.7 Å². The Labute approximate surface area is 184 Å². The Kier molecular flexibility index (Phi) is 7.69. The largest absolute Gasteiger partial charge is 0.497 e. The maximum atomic E-state index is 13.8. The monoisotopic (exact) mass is 424 g/mol.